The van der Waals surface area contributed by atoms with Gasteiger partial charge < -0.3 is 25.3 Å². The largest absolute Gasteiger partial charge is 0.496 e. The van der Waals surface area contributed by atoms with E-state index in [2.05, 4.69) is 5.32 Å². The normalized spacial score (nSPS) is 15.5. The fourth-order valence-corrected chi connectivity index (χ4v) is 2.82. The standard InChI is InChI=1S/C16H24N2O4.ClH/c1-20-12-9-14(22-3)13(21-2)8-11(12)10-18-15(19)16(17)6-4-5-7-16;/h8-9H,4-7,10,17H2,1-3H3,(H,18,19);1H. The topological polar surface area (TPSA) is 82.8 Å². The summed E-state index contributed by atoms with van der Waals surface area (Å²) in [7, 11) is 4.71. The molecular weight excluding hydrogens is 320 g/mol. The highest BCUT2D eigenvalue weighted by atomic mass is 35.5. The van der Waals surface area contributed by atoms with Gasteiger partial charge in [-0.15, -0.1) is 12.4 Å². The van der Waals surface area contributed by atoms with Gasteiger partial charge >= 0.3 is 0 Å². The molecule has 0 spiro atoms. The van der Waals surface area contributed by atoms with E-state index in [1.165, 1.54) is 0 Å². The van der Waals surface area contributed by atoms with Crippen molar-refractivity contribution in [2.45, 2.75) is 37.8 Å². The summed E-state index contributed by atoms with van der Waals surface area (Å²) in [6, 6.07) is 3.55. The lowest BCUT2D eigenvalue weighted by Crippen LogP contribution is -2.51. The molecule has 1 amide bonds. The van der Waals surface area contributed by atoms with Gasteiger partial charge in [0.15, 0.2) is 11.5 Å². The van der Waals surface area contributed by atoms with Crippen LogP contribution in [0, 0.1) is 0 Å². The molecule has 1 aromatic rings. The van der Waals surface area contributed by atoms with E-state index in [0.29, 0.717) is 23.8 Å². The fraction of sp³-hybridized carbons (Fsp3) is 0.562. The zero-order valence-corrected chi connectivity index (χ0v) is 14.6. The molecule has 23 heavy (non-hydrogen) atoms. The molecule has 0 aliphatic heterocycles. The first-order valence-corrected chi connectivity index (χ1v) is 7.40. The number of carbonyl (C=O) groups excluding carboxylic acids is 1. The van der Waals surface area contributed by atoms with Crippen LogP contribution in [-0.4, -0.2) is 32.8 Å². The Morgan fingerprint density at radius 2 is 1.61 bits per heavy atom. The van der Waals surface area contributed by atoms with Crippen molar-refractivity contribution in [1.82, 2.24) is 5.32 Å². The highest BCUT2D eigenvalue weighted by molar-refractivity contribution is 5.86. The first-order chi connectivity index (χ1) is 10.5. The molecule has 3 N–H and O–H groups in total. The molecule has 1 saturated carbocycles. The third-order valence-corrected chi connectivity index (χ3v) is 4.17. The van der Waals surface area contributed by atoms with Crippen molar-refractivity contribution in [1.29, 1.82) is 0 Å². The predicted molar refractivity (Wildman–Crippen MR) is 90.6 cm³/mol. The molecule has 1 aliphatic carbocycles. The predicted octanol–water partition coefficient (Wildman–Crippen LogP) is 2.02. The average Bonchev–Trinajstić information content (AvgIpc) is 2.99. The summed E-state index contributed by atoms with van der Waals surface area (Å²) in [6.45, 7) is 0.335. The summed E-state index contributed by atoms with van der Waals surface area (Å²) in [5.74, 6) is 1.70. The van der Waals surface area contributed by atoms with Crippen molar-refractivity contribution in [3.8, 4) is 17.2 Å². The molecule has 0 bridgehead atoms. The summed E-state index contributed by atoms with van der Waals surface area (Å²) >= 11 is 0. The minimum absolute atomic E-state index is 0. The molecule has 0 heterocycles. The van der Waals surface area contributed by atoms with Crippen LogP contribution in [0.25, 0.3) is 0 Å². The number of carbonyl (C=O) groups is 1. The van der Waals surface area contributed by atoms with Gasteiger partial charge in [0.2, 0.25) is 5.91 Å². The number of rotatable bonds is 6. The molecule has 2 rings (SSSR count). The van der Waals surface area contributed by atoms with Crippen molar-refractivity contribution in [3.05, 3.63) is 17.7 Å². The molecule has 0 saturated heterocycles. The molecule has 1 aromatic carbocycles. The minimum Gasteiger partial charge on any atom is -0.496 e. The molecule has 0 atom stereocenters. The highest BCUT2D eigenvalue weighted by Crippen LogP contribution is 2.34. The monoisotopic (exact) mass is 344 g/mol. The summed E-state index contributed by atoms with van der Waals surface area (Å²) in [5.41, 5.74) is 6.23. The Labute approximate surface area is 143 Å². The van der Waals surface area contributed by atoms with Crippen LogP contribution in [0.5, 0.6) is 17.2 Å². The van der Waals surface area contributed by atoms with Gasteiger partial charge in [-0.1, -0.05) is 12.8 Å². The Balaban J connectivity index is 0.00000264. The maximum Gasteiger partial charge on any atom is 0.240 e. The third kappa shape index (κ3) is 4.20. The maximum absolute atomic E-state index is 12.3. The van der Waals surface area contributed by atoms with Crippen LogP contribution in [0.15, 0.2) is 12.1 Å². The smallest absolute Gasteiger partial charge is 0.240 e. The number of nitrogens with two attached hydrogens (primary N) is 1. The molecule has 1 aliphatic rings. The van der Waals surface area contributed by atoms with Gasteiger partial charge in [-0.25, -0.2) is 0 Å². The number of halogens is 1. The van der Waals surface area contributed by atoms with Crippen LogP contribution < -0.4 is 25.3 Å². The first kappa shape index (κ1) is 19.4. The van der Waals surface area contributed by atoms with Gasteiger partial charge in [0.05, 0.1) is 26.9 Å². The van der Waals surface area contributed by atoms with Crippen molar-refractivity contribution in [2.24, 2.45) is 5.73 Å². The van der Waals surface area contributed by atoms with E-state index in [9.17, 15) is 4.79 Å². The van der Waals surface area contributed by atoms with E-state index in [1.807, 2.05) is 0 Å². The number of benzene rings is 1. The number of amides is 1. The number of ether oxygens (including phenoxy) is 3. The van der Waals surface area contributed by atoms with Crippen molar-refractivity contribution in [2.75, 3.05) is 21.3 Å². The SMILES string of the molecule is COc1cc(OC)c(OC)cc1CNC(=O)C1(N)CCCC1.Cl. The molecule has 1 fully saturated rings. The van der Waals surface area contributed by atoms with Crippen molar-refractivity contribution < 1.29 is 19.0 Å². The zero-order valence-electron chi connectivity index (χ0n) is 13.8. The zero-order chi connectivity index (χ0) is 16.2. The van der Waals surface area contributed by atoms with E-state index < -0.39 is 5.54 Å². The van der Waals surface area contributed by atoms with Gasteiger partial charge in [0.1, 0.15) is 5.75 Å². The van der Waals surface area contributed by atoms with Gasteiger partial charge in [-0.3, -0.25) is 4.79 Å². The second-order valence-electron chi connectivity index (χ2n) is 5.56. The second kappa shape index (κ2) is 8.26. The minimum atomic E-state index is -0.732. The molecule has 0 unspecified atom stereocenters. The average molecular weight is 345 g/mol. The summed E-state index contributed by atoms with van der Waals surface area (Å²) in [5, 5.41) is 2.90. The van der Waals surface area contributed by atoms with Gasteiger partial charge in [-0.2, -0.15) is 0 Å². The lowest BCUT2D eigenvalue weighted by atomic mass is 9.98. The fourth-order valence-electron chi connectivity index (χ4n) is 2.82. The van der Waals surface area contributed by atoms with Crippen LogP contribution in [0.2, 0.25) is 0 Å². The van der Waals surface area contributed by atoms with Gasteiger partial charge in [0, 0.05) is 18.2 Å². The molecule has 130 valence electrons. The van der Waals surface area contributed by atoms with Crippen LogP contribution in [0.4, 0.5) is 0 Å². The summed E-state index contributed by atoms with van der Waals surface area (Å²) in [4.78, 5) is 12.3. The van der Waals surface area contributed by atoms with Crippen LogP contribution in [-0.2, 0) is 11.3 Å². The van der Waals surface area contributed by atoms with Crippen LogP contribution in [0.3, 0.4) is 0 Å². The van der Waals surface area contributed by atoms with E-state index in [0.717, 1.165) is 31.2 Å². The highest BCUT2D eigenvalue weighted by Gasteiger charge is 2.36. The Bertz CT molecular complexity index is 545. The molecule has 6 nitrogen and oxygen atoms in total. The van der Waals surface area contributed by atoms with E-state index in [-0.39, 0.29) is 18.3 Å². The molecule has 0 aromatic heterocycles. The van der Waals surface area contributed by atoms with E-state index >= 15 is 0 Å². The Kier molecular flexibility index (Phi) is 6.97. The molecule has 0 radical (unpaired) electrons. The summed E-state index contributed by atoms with van der Waals surface area (Å²) < 4.78 is 15.9. The second-order valence-corrected chi connectivity index (χ2v) is 5.56. The number of methoxy groups -OCH3 is 3. The van der Waals surface area contributed by atoms with E-state index in [4.69, 9.17) is 19.9 Å². The van der Waals surface area contributed by atoms with Crippen LogP contribution in [0.1, 0.15) is 31.2 Å². The van der Waals surface area contributed by atoms with E-state index in [1.54, 1.807) is 33.5 Å². The quantitative estimate of drug-likeness (QED) is 0.825. The molecular formula is C16H25ClN2O4. The Hall–Kier alpha value is -1.66. The lowest BCUT2D eigenvalue weighted by molar-refractivity contribution is -0.126. The number of hydrogen-bond donors (Lipinski definition) is 2. The third-order valence-electron chi connectivity index (χ3n) is 4.17. The Morgan fingerprint density at radius 1 is 1.09 bits per heavy atom. The van der Waals surface area contributed by atoms with Gasteiger partial charge in [-0.05, 0) is 18.9 Å². The van der Waals surface area contributed by atoms with Crippen molar-refractivity contribution >= 4 is 18.3 Å². The summed E-state index contributed by atoms with van der Waals surface area (Å²) in [6.07, 6.45) is 3.48. The Morgan fingerprint density at radius 3 is 2.13 bits per heavy atom. The van der Waals surface area contributed by atoms with Gasteiger partial charge in [0.25, 0.3) is 0 Å². The van der Waals surface area contributed by atoms with Crippen LogP contribution >= 0.6 is 12.4 Å². The number of hydrogen-bond acceptors (Lipinski definition) is 5. The lowest BCUT2D eigenvalue weighted by Gasteiger charge is -2.23. The number of nitrogens with one attached hydrogen (secondary N) is 1. The van der Waals surface area contributed by atoms with Crippen molar-refractivity contribution in [3.63, 3.8) is 0 Å². The molecule has 7 heteroatoms. The maximum atomic E-state index is 12.3. The first-order valence-electron chi connectivity index (χ1n) is 7.40.